The fourth-order valence-corrected chi connectivity index (χ4v) is 2.21. The van der Waals surface area contributed by atoms with Gasteiger partial charge >= 0.3 is 0 Å². The molecule has 1 rings (SSSR count). The van der Waals surface area contributed by atoms with Crippen molar-refractivity contribution in [3.05, 3.63) is 32.5 Å². The summed E-state index contributed by atoms with van der Waals surface area (Å²) in [6, 6.07) is 2.20. The lowest BCUT2D eigenvalue weighted by Gasteiger charge is -2.07. The maximum absolute atomic E-state index is 13.3. The lowest BCUT2D eigenvalue weighted by molar-refractivity contribution is -0.384. The van der Waals surface area contributed by atoms with Crippen LogP contribution in [0.2, 0.25) is 0 Å². The molecule has 1 aromatic carbocycles. The number of nitrogens with zero attached hydrogens (tertiary/aromatic N) is 1. The van der Waals surface area contributed by atoms with Crippen molar-refractivity contribution in [1.82, 2.24) is 0 Å². The van der Waals surface area contributed by atoms with Gasteiger partial charge in [0.2, 0.25) is 0 Å². The summed E-state index contributed by atoms with van der Waals surface area (Å²) in [6.45, 7) is 0.404. The van der Waals surface area contributed by atoms with Gasteiger partial charge in [-0.2, -0.15) is 0 Å². The molecule has 18 heavy (non-hydrogen) atoms. The third-order valence-electron chi connectivity index (χ3n) is 2.16. The van der Waals surface area contributed by atoms with Crippen LogP contribution in [-0.4, -0.2) is 27.7 Å². The summed E-state index contributed by atoms with van der Waals surface area (Å²) in [5.41, 5.74) is -0.0662. The van der Waals surface area contributed by atoms with Crippen LogP contribution in [-0.2, 0) is 10.8 Å². The fraction of sp³-hybridized carbons (Fsp3) is 0.400. The van der Waals surface area contributed by atoms with Crippen molar-refractivity contribution in [3.63, 3.8) is 0 Å². The minimum atomic E-state index is -0.901. The van der Waals surface area contributed by atoms with Gasteiger partial charge in [-0.3, -0.25) is 14.3 Å². The third-order valence-corrected chi connectivity index (χ3v) is 3.63. The van der Waals surface area contributed by atoms with Crippen LogP contribution >= 0.6 is 15.9 Å². The minimum absolute atomic E-state index is 0.0504. The third kappa shape index (κ3) is 4.34. The first-order valence-electron chi connectivity index (χ1n) is 5.09. The molecule has 100 valence electrons. The number of nitro groups is 1. The average molecular weight is 339 g/mol. The topological polar surface area (TPSA) is 72.2 Å². The van der Waals surface area contributed by atoms with Gasteiger partial charge in [0.05, 0.1) is 9.40 Å². The van der Waals surface area contributed by atoms with Crippen molar-refractivity contribution in [2.45, 2.75) is 6.42 Å². The number of nitrogens with one attached hydrogen (secondary N) is 1. The van der Waals surface area contributed by atoms with Gasteiger partial charge in [-0.05, 0) is 22.4 Å². The molecule has 1 N–H and O–H groups in total. The number of halogens is 2. The van der Waals surface area contributed by atoms with E-state index in [2.05, 4.69) is 21.2 Å². The molecular formula is C10H12BrFN2O3S. The van der Waals surface area contributed by atoms with Gasteiger partial charge in [0.15, 0.2) is 0 Å². The second kappa shape index (κ2) is 6.79. The van der Waals surface area contributed by atoms with Crippen LogP contribution in [0.3, 0.4) is 0 Å². The zero-order valence-electron chi connectivity index (χ0n) is 9.61. The first-order chi connectivity index (χ1) is 8.41. The molecule has 1 unspecified atom stereocenters. The van der Waals surface area contributed by atoms with E-state index >= 15 is 0 Å². The molecule has 0 bridgehead atoms. The van der Waals surface area contributed by atoms with E-state index in [1.807, 2.05) is 0 Å². The molecule has 0 aliphatic carbocycles. The monoisotopic (exact) mass is 338 g/mol. The van der Waals surface area contributed by atoms with Crippen LogP contribution < -0.4 is 5.32 Å². The van der Waals surface area contributed by atoms with E-state index in [-0.39, 0.29) is 15.8 Å². The quantitative estimate of drug-likeness (QED) is 0.491. The van der Waals surface area contributed by atoms with Gasteiger partial charge in [0, 0.05) is 41.5 Å². The predicted molar refractivity (Wildman–Crippen MR) is 72.8 cm³/mol. The standard InChI is InChI=1S/C10H12BrFN2O3S/c1-18(17)4-2-3-13-9-6-8(12)7(11)5-10(9)14(15)16/h5-6,13H,2-4H2,1H3. The second-order valence-corrected chi connectivity index (χ2v) is 6.01. The fourth-order valence-electron chi connectivity index (χ4n) is 1.33. The lowest BCUT2D eigenvalue weighted by atomic mass is 10.2. The molecule has 0 fully saturated rings. The predicted octanol–water partition coefficient (Wildman–Crippen LogP) is 2.68. The van der Waals surface area contributed by atoms with Crippen molar-refractivity contribution in [1.29, 1.82) is 0 Å². The van der Waals surface area contributed by atoms with Crippen LogP contribution in [0.25, 0.3) is 0 Å². The SMILES string of the molecule is CS(=O)CCCNc1cc(F)c(Br)cc1[N+](=O)[O-]. The zero-order chi connectivity index (χ0) is 13.7. The van der Waals surface area contributed by atoms with Crippen LogP contribution in [0.5, 0.6) is 0 Å². The zero-order valence-corrected chi connectivity index (χ0v) is 12.0. The number of nitro benzene ring substituents is 1. The van der Waals surface area contributed by atoms with Crippen LogP contribution in [0.15, 0.2) is 16.6 Å². The summed E-state index contributed by atoms with van der Waals surface area (Å²) in [6.07, 6.45) is 2.18. The normalized spacial score (nSPS) is 12.2. The number of anilines is 1. The van der Waals surface area contributed by atoms with Crippen LogP contribution in [0.1, 0.15) is 6.42 Å². The van der Waals surface area contributed by atoms with Crippen LogP contribution in [0, 0.1) is 15.9 Å². The Balaban J connectivity index is 2.77. The Bertz CT molecular complexity index is 484. The highest BCUT2D eigenvalue weighted by atomic mass is 79.9. The average Bonchev–Trinajstić information content (AvgIpc) is 2.28. The molecule has 0 spiro atoms. The van der Waals surface area contributed by atoms with E-state index in [4.69, 9.17) is 0 Å². The summed E-state index contributed by atoms with van der Waals surface area (Å²) in [7, 11) is -0.901. The van der Waals surface area contributed by atoms with Crippen molar-refractivity contribution >= 4 is 38.1 Å². The maximum atomic E-state index is 13.3. The largest absolute Gasteiger partial charge is 0.379 e. The number of hydrogen-bond donors (Lipinski definition) is 1. The summed E-state index contributed by atoms with van der Waals surface area (Å²) in [5, 5.41) is 13.6. The highest BCUT2D eigenvalue weighted by Gasteiger charge is 2.17. The van der Waals surface area contributed by atoms with Gasteiger partial charge in [-0.1, -0.05) is 0 Å². The molecule has 0 saturated heterocycles. The lowest BCUT2D eigenvalue weighted by Crippen LogP contribution is -2.08. The first-order valence-corrected chi connectivity index (χ1v) is 7.61. The van der Waals surface area contributed by atoms with Crippen LogP contribution in [0.4, 0.5) is 15.8 Å². The van der Waals surface area contributed by atoms with Gasteiger partial charge in [0.1, 0.15) is 11.5 Å². The van der Waals surface area contributed by atoms with E-state index in [1.165, 1.54) is 0 Å². The molecule has 0 heterocycles. The molecule has 0 amide bonds. The van der Waals surface area contributed by atoms with E-state index < -0.39 is 21.5 Å². The van der Waals surface area contributed by atoms with Gasteiger partial charge in [-0.15, -0.1) is 0 Å². The molecule has 1 aromatic rings. The van der Waals surface area contributed by atoms with E-state index in [0.29, 0.717) is 18.7 Å². The molecule has 8 heteroatoms. The van der Waals surface area contributed by atoms with Gasteiger partial charge < -0.3 is 5.32 Å². The molecule has 0 saturated carbocycles. The Morgan fingerprint density at radius 1 is 1.56 bits per heavy atom. The first kappa shape index (κ1) is 15.0. The van der Waals surface area contributed by atoms with Gasteiger partial charge in [-0.25, -0.2) is 4.39 Å². The molecule has 1 atom stereocenters. The maximum Gasteiger partial charge on any atom is 0.293 e. The Hall–Kier alpha value is -1.02. The molecule has 0 aromatic heterocycles. The molecule has 0 radical (unpaired) electrons. The summed E-state index contributed by atoms with van der Waals surface area (Å²) in [5.74, 6) is -0.0676. The van der Waals surface area contributed by atoms with Crippen molar-refractivity contribution in [3.8, 4) is 0 Å². The van der Waals surface area contributed by atoms with Gasteiger partial charge in [0.25, 0.3) is 5.69 Å². The Labute approximate surface area is 115 Å². The summed E-state index contributed by atoms with van der Waals surface area (Å²) >= 11 is 2.90. The smallest absolute Gasteiger partial charge is 0.293 e. The van der Waals surface area contributed by atoms with E-state index in [9.17, 15) is 18.7 Å². The van der Waals surface area contributed by atoms with E-state index in [1.54, 1.807) is 6.26 Å². The number of benzene rings is 1. The van der Waals surface area contributed by atoms with Crippen molar-refractivity contribution < 1.29 is 13.5 Å². The number of hydrogen-bond acceptors (Lipinski definition) is 4. The molecule has 0 aliphatic heterocycles. The highest BCUT2D eigenvalue weighted by molar-refractivity contribution is 9.10. The summed E-state index contributed by atoms with van der Waals surface area (Å²) < 4.78 is 24.2. The second-order valence-electron chi connectivity index (χ2n) is 3.60. The highest BCUT2D eigenvalue weighted by Crippen LogP contribution is 2.30. The van der Waals surface area contributed by atoms with Crippen molar-refractivity contribution in [2.24, 2.45) is 0 Å². The molecule has 5 nitrogen and oxygen atoms in total. The Morgan fingerprint density at radius 3 is 2.78 bits per heavy atom. The molecular weight excluding hydrogens is 327 g/mol. The Kier molecular flexibility index (Phi) is 5.67. The minimum Gasteiger partial charge on any atom is -0.379 e. The number of rotatable bonds is 6. The van der Waals surface area contributed by atoms with E-state index in [0.717, 1.165) is 12.1 Å². The van der Waals surface area contributed by atoms with Crippen molar-refractivity contribution in [2.75, 3.05) is 23.9 Å². The molecule has 0 aliphatic rings. The Morgan fingerprint density at radius 2 is 2.22 bits per heavy atom. The summed E-state index contributed by atoms with van der Waals surface area (Å²) in [4.78, 5) is 10.2.